The van der Waals surface area contributed by atoms with Crippen molar-refractivity contribution in [1.29, 1.82) is 0 Å². The fraction of sp³-hybridized carbons (Fsp3) is 0.500. The maximum atomic E-state index is 12.7. The van der Waals surface area contributed by atoms with E-state index in [9.17, 15) is 14.4 Å². The second-order valence-electron chi connectivity index (χ2n) is 6.18. The summed E-state index contributed by atoms with van der Waals surface area (Å²) < 4.78 is 5.40. The molecule has 0 unspecified atom stereocenters. The molecule has 2 atom stereocenters. The van der Waals surface area contributed by atoms with Crippen molar-refractivity contribution in [2.24, 2.45) is 0 Å². The van der Waals surface area contributed by atoms with Crippen LogP contribution in [0.15, 0.2) is 24.3 Å². The van der Waals surface area contributed by atoms with Crippen molar-refractivity contribution >= 4 is 17.7 Å². The van der Waals surface area contributed by atoms with E-state index >= 15 is 0 Å². The number of aryl methyl sites for hydroxylation is 1. The Labute approximate surface area is 147 Å². The third-order valence-electron chi connectivity index (χ3n) is 4.19. The number of hydrogen-bond acceptors (Lipinski definition) is 4. The zero-order valence-corrected chi connectivity index (χ0v) is 14.9. The molecule has 0 spiro atoms. The number of carbonyl (C=O) groups excluding carboxylic acids is 3. The number of morpholine rings is 1. The molecule has 7 nitrogen and oxygen atoms in total. The van der Waals surface area contributed by atoms with E-state index in [2.05, 4.69) is 10.6 Å². The number of likely N-dealkylation sites (N-methyl/N-ethyl adjacent to an activating group) is 1. The second-order valence-corrected chi connectivity index (χ2v) is 6.18. The predicted octanol–water partition coefficient (Wildman–Crippen LogP) is 0.536. The first kappa shape index (κ1) is 18.9. The van der Waals surface area contributed by atoms with Crippen LogP contribution in [0.2, 0.25) is 0 Å². The molecular formula is C18H25N3O4. The molecule has 1 aromatic rings. The highest BCUT2D eigenvalue weighted by molar-refractivity contribution is 5.83. The van der Waals surface area contributed by atoms with E-state index in [1.165, 1.54) is 14.0 Å². The third-order valence-corrected chi connectivity index (χ3v) is 4.19. The van der Waals surface area contributed by atoms with Gasteiger partial charge in [0.2, 0.25) is 11.8 Å². The monoisotopic (exact) mass is 347 g/mol. The average molecular weight is 347 g/mol. The summed E-state index contributed by atoms with van der Waals surface area (Å²) in [5, 5.41) is 5.37. The van der Waals surface area contributed by atoms with Gasteiger partial charge in [0.05, 0.1) is 25.6 Å². The third kappa shape index (κ3) is 5.29. The van der Waals surface area contributed by atoms with Gasteiger partial charge in [0, 0.05) is 20.5 Å². The van der Waals surface area contributed by atoms with Gasteiger partial charge < -0.3 is 20.3 Å². The van der Waals surface area contributed by atoms with Crippen molar-refractivity contribution in [3.8, 4) is 0 Å². The van der Waals surface area contributed by atoms with E-state index in [4.69, 9.17) is 4.74 Å². The summed E-state index contributed by atoms with van der Waals surface area (Å²) in [5.41, 5.74) is 1.99. The molecule has 1 aromatic carbocycles. The van der Waals surface area contributed by atoms with Crippen LogP contribution in [-0.4, -0.2) is 55.5 Å². The standard InChI is InChI=1S/C18H25N3O4/c1-12-4-6-14(7-5-12)15(20-13(2)22)10-17(23)21-8-9-25-16(11-21)18(24)19-3/h4-7,15-16H,8-11H2,1-3H3,(H,19,24)(H,20,22)/t15-,16+/m0/s1. The number of nitrogens with zero attached hydrogens (tertiary/aromatic N) is 1. The van der Waals surface area contributed by atoms with Gasteiger partial charge in [0.25, 0.3) is 5.91 Å². The first-order chi connectivity index (χ1) is 11.9. The molecule has 1 saturated heterocycles. The molecule has 1 fully saturated rings. The fourth-order valence-electron chi connectivity index (χ4n) is 2.80. The summed E-state index contributed by atoms with van der Waals surface area (Å²) in [6, 6.07) is 7.33. The van der Waals surface area contributed by atoms with Crippen LogP contribution in [0.3, 0.4) is 0 Å². The van der Waals surface area contributed by atoms with Gasteiger partial charge in [0.1, 0.15) is 0 Å². The van der Waals surface area contributed by atoms with Crippen LogP contribution in [0.4, 0.5) is 0 Å². The lowest BCUT2D eigenvalue weighted by atomic mass is 10.0. The van der Waals surface area contributed by atoms with Gasteiger partial charge >= 0.3 is 0 Å². The normalized spacial score (nSPS) is 18.4. The molecule has 1 heterocycles. The predicted molar refractivity (Wildman–Crippen MR) is 92.7 cm³/mol. The van der Waals surface area contributed by atoms with E-state index in [-0.39, 0.29) is 30.7 Å². The molecule has 2 rings (SSSR count). The lowest BCUT2D eigenvalue weighted by Crippen LogP contribution is -2.51. The fourth-order valence-corrected chi connectivity index (χ4v) is 2.80. The second kappa shape index (κ2) is 8.62. The number of amides is 3. The van der Waals surface area contributed by atoms with Gasteiger partial charge in [-0.25, -0.2) is 0 Å². The zero-order chi connectivity index (χ0) is 18.4. The highest BCUT2D eigenvalue weighted by Crippen LogP contribution is 2.20. The Morgan fingerprint density at radius 2 is 1.96 bits per heavy atom. The maximum absolute atomic E-state index is 12.7. The van der Waals surface area contributed by atoms with Gasteiger partial charge in [-0.2, -0.15) is 0 Å². The SMILES string of the molecule is CNC(=O)[C@H]1CN(C(=O)C[C@H](NC(C)=O)c2ccc(C)cc2)CCO1. The molecule has 0 saturated carbocycles. The molecular weight excluding hydrogens is 322 g/mol. The first-order valence-corrected chi connectivity index (χ1v) is 8.35. The Kier molecular flexibility index (Phi) is 6.52. The maximum Gasteiger partial charge on any atom is 0.250 e. The van der Waals surface area contributed by atoms with Gasteiger partial charge in [-0.3, -0.25) is 14.4 Å². The first-order valence-electron chi connectivity index (χ1n) is 8.35. The van der Waals surface area contributed by atoms with Crippen LogP contribution in [0, 0.1) is 6.92 Å². The average Bonchev–Trinajstić information content (AvgIpc) is 2.60. The van der Waals surface area contributed by atoms with Crippen molar-refractivity contribution in [3.63, 3.8) is 0 Å². The smallest absolute Gasteiger partial charge is 0.250 e. The topological polar surface area (TPSA) is 87.7 Å². The molecule has 136 valence electrons. The van der Waals surface area contributed by atoms with Crippen LogP contribution in [0.5, 0.6) is 0 Å². The molecule has 0 radical (unpaired) electrons. The minimum atomic E-state index is -0.652. The Balaban J connectivity index is 2.07. The number of carbonyl (C=O) groups is 3. The Morgan fingerprint density at radius 3 is 2.56 bits per heavy atom. The molecule has 1 aliphatic rings. The number of rotatable bonds is 5. The Hall–Kier alpha value is -2.41. The van der Waals surface area contributed by atoms with E-state index in [0.717, 1.165) is 11.1 Å². The summed E-state index contributed by atoms with van der Waals surface area (Å²) in [7, 11) is 1.54. The highest BCUT2D eigenvalue weighted by Gasteiger charge is 2.30. The molecule has 0 aliphatic carbocycles. The van der Waals surface area contributed by atoms with Crippen molar-refractivity contribution < 1.29 is 19.1 Å². The van der Waals surface area contributed by atoms with Crippen molar-refractivity contribution in [1.82, 2.24) is 15.5 Å². The summed E-state index contributed by atoms with van der Waals surface area (Å²) in [4.78, 5) is 37.5. The largest absolute Gasteiger partial charge is 0.365 e. The van der Waals surface area contributed by atoms with Crippen LogP contribution in [-0.2, 0) is 19.1 Å². The minimum Gasteiger partial charge on any atom is -0.365 e. The van der Waals surface area contributed by atoms with Gasteiger partial charge in [-0.15, -0.1) is 0 Å². The number of hydrogen-bond donors (Lipinski definition) is 2. The van der Waals surface area contributed by atoms with Crippen molar-refractivity contribution in [2.45, 2.75) is 32.4 Å². The van der Waals surface area contributed by atoms with Crippen LogP contribution in [0.25, 0.3) is 0 Å². The number of benzene rings is 1. The Morgan fingerprint density at radius 1 is 1.28 bits per heavy atom. The van der Waals surface area contributed by atoms with Crippen molar-refractivity contribution in [3.05, 3.63) is 35.4 Å². The minimum absolute atomic E-state index is 0.114. The molecule has 25 heavy (non-hydrogen) atoms. The molecule has 7 heteroatoms. The van der Waals surface area contributed by atoms with Crippen LogP contribution < -0.4 is 10.6 Å². The summed E-state index contributed by atoms with van der Waals surface area (Å²) in [6.45, 7) is 4.39. The lowest BCUT2D eigenvalue weighted by Gasteiger charge is -2.33. The summed E-state index contributed by atoms with van der Waals surface area (Å²) in [6.07, 6.45) is -0.510. The summed E-state index contributed by atoms with van der Waals surface area (Å²) >= 11 is 0. The molecule has 3 amide bonds. The highest BCUT2D eigenvalue weighted by atomic mass is 16.5. The molecule has 0 bridgehead atoms. The van der Waals surface area contributed by atoms with Gasteiger partial charge in [0.15, 0.2) is 6.10 Å². The number of nitrogens with one attached hydrogen (secondary N) is 2. The summed E-state index contributed by atoms with van der Waals surface area (Å²) in [5.74, 6) is -0.547. The van der Waals surface area contributed by atoms with E-state index in [1.807, 2.05) is 31.2 Å². The van der Waals surface area contributed by atoms with Gasteiger partial charge in [-0.05, 0) is 12.5 Å². The number of ether oxygens (including phenoxy) is 1. The van der Waals surface area contributed by atoms with E-state index < -0.39 is 12.1 Å². The van der Waals surface area contributed by atoms with Crippen molar-refractivity contribution in [2.75, 3.05) is 26.7 Å². The quantitative estimate of drug-likeness (QED) is 0.814. The molecule has 1 aliphatic heterocycles. The van der Waals surface area contributed by atoms with Crippen LogP contribution >= 0.6 is 0 Å². The molecule has 0 aromatic heterocycles. The Bertz CT molecular complexity index is 630. The van der Waals surface area contributed by atoms with E-state index in [0.29, 0.717) is 13.2 Å². The zero-order valence-electron chi connectivity index (χ0n) is 14.9. The molecule has 2 N–H and O–H groups in total. The van der Waals surface area contributed by atoms with E-state index in [1.54, 1.807) is 4.90 Å². The lowest BCUT2D eigenvalue weighted by molar-refractivity contribution is -0.147. The van der Waals surface area contributed by atoms with Gasteiger partial charge in [-0.1, -0.05) is 29.8 Å². The van der Waals surface area contributed by atoms with Crippen LogP contribution in [0.1, 0.15) is 30.5 Å².